The summed E-state index contributed by atoms with van der Waals surface area (Å²) in [5, 5.41) is 3.41. The number of carbonyl (C=O) groups excluding carboxylic acids is 1. The molecule has 0 radical (unpaired) electrons. The SMILES string of the molecule is Cc1cccc2cc(C(=O)Nc3ccccc3)c(=O)oc12. The molecule has 1 N–H and O–H groups in total. The molecule has 0 aliphatic heterocycles. The monoisotopic (exact) mass is 279 g/mol. The van der Waals surface area contributed by atoms with E-state index in [0.29, 0.717) is 11.3 Å². The third-order valence-corrected chi connectivity index (χ3v) is 3.23. The van der Waals surface area contributed by atoms with Crippen molar-refractivity contribution in [2.45, 2.75) is 6.92 Å². The molecule has 104 valence electrons. The Hall–Kier alpha value is -2.88. The van der Waals surface area contributed by atoms with Crippen molar-refractivity contribution >= 4 is 22.6 Å². The summed E-state index contributed by atoms with van der Waals surface area (Å²) < 4.78 is 5.27. The highest BCUT2D eigenvalue weighted by molar-refractivity contribution is 6.05. The minimum absolute atomic E-state index is 0.00282. The van der Waals surface area contributed by atoms with E-state index in [1.54, 1.807) is 18.2 Å². The van der Waals surface area contributed by atoms with Crippen molar-refractivity contribution in [1.29, 1.82) is 0 Å². The van der Waals surface area contributed by atoms with Gasteiger partial charge < -0.3 is 9.73 Å². The Morgan fingerprint density at radius 3 is 2.57 bits per heavy atom. The fraction of sp³-hybridized carbons (Fsp3) is 0.0588. The molecule has 0 bridgehead atoms. The molecular weight excluding hydrogens is 266 g/mol. The van der Waals surface area contributed by atoms with E-state index in [4.69, 9.17) is 4.42 Å². The summed E-state index contributed by atoms with van der Waals surface area (Å²) in [6.45, 7) is 1.86. The lowest BCUT2D eigenvalue weighted by Gasteiger charge is -2.05. The standard InChI is InChI=1S/C17H13NO3/c1-11-6-5-7-12-10-14(17(20)21-15(11)12)16(19)18-13-8-3-2-4-9-13/h2-10H,1H3,(H,18,19). The van der Waals surface area contributed by atoms with Gasteiger partial charge in [0.15, 0.2) is 0 Å². The van der Waals surface area contributed by atoms with Crippen LogP contribution in [0.4, 0.5) is 5.69 Å². The van der Waals surface area contributed by atoms with E-state index in [-0.39, 0.29) is 5.56 Å². The highest BCUT2D eigenvalue weighted by Gasteiger charge is 2.14. The Balaban J connectivity index is 2.02. The van der Waals surface area contributed by atoms with Crippen molar-refractivity contribution in [3.8, 4) is 0 Å². The van der Waals surface area contributed by atoms with E-state index in [1.807, 2.05) is 43.3 Å². The van der Waals surface area contributed by atoms with Gasteiger partial charge in [0.25, 0.3) is 5.91 Å². The number of para-hydroxylation sites is 2. The average Bonchev–Trinajstić information content (AvgIpc) is 2.48. The van der Waals surface area contributed by atoms with Gasteiger partial charge in [-0.3, -0.25) is 4.79 Å². The zero-order chi connectivity index (χ0) is 14.8. The predicted octanol–water partition coefficient (Wildman–Crippen LogP) is 3.35. The maximum Gasteiger partial charge on any atom is 0.349 e. The van der Waals surface area contributed by atoms with Gasteiger partial charge in [-0.2, -0.15) is 0 Å². The summed E-state index contributed by atoms with van der Waals surface area (Å²) in [6, 6.07) is 16.1. The predicted molar refractivity (Wildman–Crippen MR) is 81.6 cm³/mol. The van der Waals surface area contributed by atoms with E-state index in [2.05, 4.69) is 5.32 Å². The van der Waals surface area contributed by atoms with Crippen molar-refractivity contribution < 1.29 is 9.21 Å². The topological polar surface area (TPSA) is 59.3 Å². The van der Waals surface area contributed by atoms with Crippen molar-refractivity contribution in [1.82, 2.24) is 0 Å². The Morgan fingerprint density at radius 1 is 1.05 bits per heavy atom. The lowest BCUT2D eigenvalue weighted by Crippen LogP contribution is -2.20. The second-order valence-electron chi connectivity index (χ2n) is 4.76. The van der Waals surface area contributed by atoms with Gasteiger partial charge >= 0.3 is 5.63 Å². The summed E-state index contributed by atoms with van der Waals surface area (Å²) in [4.78, 5) is 24.2. The van der Waals surface area contributed by atoms with E-state index >= 15 is 0 Å². The molecule has 0 fully saturated rings. The summed E-state index contributed by atoms with van der Waals surface area (Å²) in [6.07, 6.45) is 0. The first-order valence-corrected chi connectivity index (χ1v) is 6.55. The largest absolute Gasteiger partial charge is 0.422 e. The number of fused-ring (bicyclic) bond motifs is 1. The first-order valence-electron chi connectivity index (χ1n) is 6.55. The minimum atomic E-state index is -0.634. The first kappa shape index (κ1) is 13.1. The van der Waals surface area contributed by atoms with E-state index in [1.165, 1.54) is 0 Å². The number of carbonyl (C=O) groups is 1. The van der Waals surface area contributed by atoms with E-state index in [9.17, 15) is 9.59 Å². The van der Waals surface area contributed by atoms with Crippen LogP contribution in [-0.4, -0.2) is 5.91 Å². The van der Waals surface area contributed by atoms with Gasteiger partial charge in [0, 0.05) is 11.1 Å². The highest BCUT2D eigenvalue weighted by Crippen LogP contribution is 2.18. The van der Waals surface area contributed by atoms with Gasteiger partial charge in [0.1, 0.15) is 11.1 Å². The zero-order valence-corrected chi connectivity index (χ0v) is 11.4. The van der Waals surface area contributed by atoms with Crippen LogP contribution in [0.2, 0.25) is 0 Å². The lowest BCUT2D eigenvalue weighted by molar-refractivity contribution is 0.102. The van der Waals surface area contributed by atoms with Gasteiger partial charge in [0.05, 0.1) is 0 Å². The fourth-order valence-electron chi connectivity index (χ4n) is 2.17. The fourth-order valence-corrected chi connectivity index (χ4v) is 2.17. The molecule has 3 aromatic rings. The number of hydrogen-bond donors (Lipinski definition) is 1. The van der Waals surface area contributed by atoms with Gasteiger partial charge in [-0.15, -0.1) is 0 Å². The number of aryl methyl sites for hydroxylation is 1. The third-order valence-electron chi connectivity index (χ3n) is 3.23. The number of amides is 1. The molecule has 3 rings (SSSR count). The first-order chi connectivity index (χ1) is 10.1. The van der Waals surface area contributed by atoms with Crippen molar-refractivity contribution in [2.75, 3.05) is 5.32 Å². The molecular formula is C17H13NO3. The minimum Gasteiger partial charge on any atom is -0.422 e. The summed E-state index contributed by atoms with van der Waals surface area (Å²) >= 11 is 0. The molecule has 21 heavy (non-hydrogen) atoms. The number of anilines is 1. The molecule has 1 heterocycles. The van der Waals surface area contributed by atoms with Crippen LogP contribution in [0.5, 0.6) is 0 Å². The smallest absolute Gasteiger partial charge is 0.349 e. The second-order valence-corrected chi connectivity index (χ2v) is 4.76. The molecule has 4 nitrogen and oxygen atoms in total. The molecule has 1 amide bonds. The summed E-state index contributed by atoms with van der Waals surface area (Å²) in [7, 11) is 0. The maximum atomic E-state index is 12.2. The van der Waals surface area contributed by atoms with Crippen LogP contribution < -0.4 is 10.9 Å². The number of benzene rings is 2. The third kappa shape index (κ3) is 2.56. The summed E-state index contributed by atoms with van der Waals surface area (Å²) in [5.74, 6) is -0.474. The summed E-state index contributed by atoms with van der Waals surface area (Å²) in [5.41, 5.74) is 1.37. The lowest BCUT2D eigenvalue weighted by atomic mass is 10.1. The van der Waals surface area contributed by atoms with Crippen LogP contribution in [0.25, 0.3) is 11.0 Å². The van der Waals surface area contributed by atoms with Crippen molar-refractivity contribution in [3.05, 3.63) is 76.1 Å². The zero-order valence-electron chi connectivity index (χ0n) is 11.4. The van der Waals surface area contributed by atoms with Crippen LogP contribution in [0, 0.1) is 6.92 Å². The molecule has 1 aromatic heterocycles. The number of nitrogens with one attached hydrogen (secondary N) is 1. The van der Waals surface area contributed by atoms with Crippen LogP contribution >= 0.6 is 0 Å². The Labute approximate surface area is 121 Å². The molecule has 0 aliphatic rings. The van der Waals surface area contributed by atoms with Crippen LogP contribution in [0.15, 0.2) is 63.8 Å². The van der Waals surface area contributed by atoms with Gasteiger partial charge in [-0.25, -0.2) is 4.79 Å². The van der Waals surface area contributed by atoms with Crippen molar-refractivity contribution in [2.24, 2.45) is 0 Å². The highest BCUT2D eigenvalue weighted by atomic mass is 16.4. The molecule has 2 aromatic carbocycles. The van der Waals surface area contributed by atoms with Crippen LogP contribution in [-0.2, 0) is 0 Å². The Morgan fingerprint density at radius 2 is 1.81 bits per heavy atom. The van der Waals surface area contributed by atoms with Crippen LogP contribution in [0.3, 0.4) is 0 Å². The Kier molecular flexibility index (Phi) is 3.28. The van der Waals surface area contributed by atoms with E-state index in [0.717, 1.165) is 10.9 Å². The van der Waals surface area contributed by atoms with E-state index < -0.39 is 11.5 Å². The molecule has 0 saturated carbocycles. The molecule has 0 atom stereocenters. The molecule has 0 unspecified atom stereocenters. The number of rotatable bonds is 2. The van der Waals surface area contributed by atoms with Gasteiger partial charge in [-0.05, 0) is 30.7 Å². The average molecular weight is 279 g/mol. The van der Waals surface area contributed by atoms with Gasteiger partial charge in [-0.1, -0.05) is 36.4 Å². The normalized spacial score (nSPS) is 10.5. The van der Waals surface area contributed by atoms with Crippen molar-refractivity contribution in [3.63, 3.8) is 0 Å². The molecule has 0 aliphatic carbocycles. The van der Waals surface area contributed by atoms with Gasteiger partial charge in [0.2, 0.25) is 0 Å². The maximum absolute atomic E-state index is 12.2. The molecule has 0 spiro atoms. The Bertz CT molecular complexity index is 866. The number of hydrogen-bond acceptors (Lipinski definition) is 3. The quantitative estimate of drug-likeness (QED) is 0.732. The molecule has 4 heteroatoms. The van der Waals surface area contributed by atoms with Crippen LogP contribution in [0.1, 0.15) is 15.9 Å². The second kappa shape index (κ2) is 5.25. The molecule has 0 saturated heterocycles.